The molecule has 1 aliphatic rings. The molecule has 0 aromatic carbocycles. The van der Waals surface area contributed by atoms with Gasteiger partial charge in [0.1, 0.15) is 5.69 Å². The number of hydrogen-bond donors (Lipinski definition) is 3. The van der Waals surface area contributed by atoms with Crippen LogP contribution < -0.4 is 5.32 Å². The fraction of sp³-hybridized carbons (Fsp3) is 0.583. The van der Waals surface area contributed by atoms with Crippen molar-refractivity contribution in [3.05, 3.63) is 17.5 Å². The van der Waals surface area contributed by atoms with E-state index in [4.69, 9.17) is 4.74 Å². The Bertz CT molecular complexity index is 489. The van der Waals surface area contributed by atoms with Crippen molar-refractivity contribution in [1.29, 1.82) is 0 Å². The summed E-state index contributed by atoms with van der Waals surface area (Å²) in [5.74, 6) is -1.37. The Labute approximate surface area is 110 Å². The van der Waals surface area contributed by atoms with E-state index in [0.717, 1.165) is 5.69 Å². The van der Waals surface area contributed by atoms with Crippen LogP contribution in [0, 0.1) is 0 Å². The molecule has 7 heteroatoms. The van der Waals surface area contributed by atoms with Gasteiger partial charge in [-0.2, -0.15) is 5.10 Å². The number of carboxylic acids is 1. The molecule has 0 aliphatic carbocycles. The van der Waals surface area contributed by atoms with Crippen LogP contribution in [0.3, 0.4) is 0 Å². The van der Waals surface area contributed by atoms with Crippen molar-refractivity contribution in [2.24, 2.45) is 0 Å². The molecular formula is C12H17N3O4. The van der Waals surface area contributed by atoms with Crippen LogP contribution in [0.5, 0.6) is 0 Å². The van der Waals surface area contributed by atoms with E-state index >= 15 is 0 Å². The Balaban J connectivity index is 2.13. The van der Waals surface area contributed by atoms with E-state index in [9.17, 15) is 14.7 Å². The van der Waals surface area contributed by atoms with Gasteiger partial charge < -0.3 is 15.2 Å². The van der Waals surface area contributed by atoms with Crippen molar-refractivity contribution >= 4 is 11.9 Å². The van der Waals surface area contributed by atoms with Crippen molar-refractivity contribution < 1.29 is 19.4 Å². The minimum absolute atomic E-state index is 0.0183. The molecule has 0 radical (unpaired) electrons. The maximum absolute atomic E-state index is 12.0. The van der Waals surface area contributed by atoms with Crippen LogP contribution >= 0.6 is 0 Å². The van der Waals surface area contributed by atoms with Gasteiger partial charge in [0.05, 0.1) is 6.61 Å². The van der Waals surface area contributed by atoms with Crippen LogP contribution in [0.1, 0.15) is 42.4 Å². The molecule has 2 rings (SSSR count). The SMILES string of the molecule is CC(C)c1cc(C(=O)NC2(C(=O)O)CCOC2)n[nH]1. The number of ether oxygens (including phenoxy) is 1. The zero-order chi connectivity index (χ0) is 14.0. The Morgan fingerprint density at radius 3 is 2.79 bits per heavy atom. The predicted octanol–water partition coefficient (Wildman–Crippen LogP) is 0.507. The molecule has 19 heavy (non-hydrogen) atoms. The number of carboxylic acid groups (broad SMARTS) is 1. The number of nitrogens with zero attached hydrogens (tertiary/aromatic N) is 1. The van der Waals surface area contributed by atoms with Crippen LogP contribution in [0.25, 0.3) is 0 Å². The van der Waals surface area contributed by atoms with Gasteiger partial charge in [-0.25, -0.2) is 4.79 Å². The molecule has 1 saturated heterocycles. The van der Waals surface area contributed by atoms with Crippen molar-refractivity contribution in [3.63, 3.8) is 0 Å². The minimum Gasteiger partial charge on any atom is -0.479 e. The number of hydrogen-bond acceptors (Lipinski definition) is 4. The first-order valence-corrected chi connectivity index (χ1v) is 6.13. The summed E-state index contributed by atoms with van der Waals surface area (Å²) in [7, 11) is 0. The Morgan fingerprint density at radius 2 is 2.32 bits per heavy atom. The van der Waals surface area contributed by atoms with Gasteiger partial charge in [-0.15, -0.1) is 0 Å². The largest absolute Gasteiger partial charge is 0.479 e. The molecule has 2 heterocycles. The Hall–Kier alpha value is -1.89. The second-order valence-electron chi connectivity index (χ2n) is 5.01. The number of aromatic nitrogens is 2. The quantitative estimate of drug-likeness (QED) is 0.737. The normalized spacial score (nSPS) is 22.7. The van der Waals surface area contributed by atoms with Gasteiger partial charge in [0, 0.05) is 18.7 Å². The molecule has 1 atom stereocenters. The van der Waals surface area contributed by atoms with Crippen LogP contribution in [0.15, 0.2) is 6.07 Å². The summed E-state index contributed by atoms with van der Waals surface area (Å²) in [5, 5.41) is 18.4. The Morgan fingerprint density at radius 1 is 1.58 bits per heavy atom. The lowest BCUT2D eigenvalue weighted by molar-refractivity contribution is -0.144. The zero-order valence-corrected chi connectivity index (χ0v) is 10.9. The molecule has 1 fully saturated rings. The Kier molecular flexibility index (Phi) is 3.57. The number of aliphatic carboxylic acids is 1. The van der Waals surface area contributed by atoms with Crippen LogP contribution in [-0.4, -0.2) is 45.9 Å². The van der Waals surface area contributed by atoms with Gasteiger partial charge in [0.2, 0.25) is 0 Å². The van der Waals surface area contributed by atoms with Gasteiger partial charge in [0.25, 0.3) is 5.91 Å². The summed E-state index contributed by atoms with van der Waals surface area (Å²) in [6.45, 7) is 4.25. The highest BCUT2D eigenvalue weighted by Gasteiger charge is 2.44. The van der Waals surface area contributed by atoms with E-state index in [1.807, 2.05) is 13.8 Å². The third-order valence-electron chi connectivity index (χ3n) is 3.24. The second-order valence-corrected chi connectivity index (χ2v) is 5.01. The fourth-order valence-electron chi connectivity index (χ4n) is 1.92. The molecule has 0 saturated carbocycles. The van der Waals surface area contributed by atoms with Gasteiger partial charge in [-0.1, -0.05) is 13.8 Å². The standard InChI is InChI=1S/C12H17N3O4/c1-7(2)8-5-9(15-14-8)10(16)13-12(11(17)18)3-4-19-6-12/h5,7H,3-4,6H2,1-2H3,(H,13,16)(H,14,15)(H,17,18). The second kappa shape index (κ2) is 5.00. The number of amides is 1. The molecule has 1 aliphatic heterocycles. The van der Waals surface area contributed by atoms with Crippen molar-refractivity contribution in [3.8, 4) is 0 Å². The van der Waals surface area contributed by atoms with Crippen LogP contribution in [0.2, 0.25) is 0 Å². The lowest BCUT2D eigenvalue weighted by Crippen LogP contribution is -2.55. The highest BCUT2D eigenvalue weighted by molar-refractivity contribution is 5.96. The maximum atomic E-state index is 12.0. The summed E-state index contributed by atoms with van der Waals surface area (Å²) < 4.78 is 5.08. The first-order valence-electron chi connectivity index (χ1n) is 6.13. The fourth-order valence-corrected chi connectivity index (χ4v) is 1.92. The van der Waals surface area contributed by atoms with Gasteiger partial charge >= 0.3 is 5.97 Å². The molecular weight excluding hydrogens is 250 g/mol. The van der Waals surface area contributed by atoms with E-state index in [1.165, 1.54) is 0 Å². The van der Waals surface area contributed by atoms with Gasteiger partial charge in [-0.3, -0.25) is 9.89 Å². The molecule has 0 spiro atoms. The van der Waals surface area contributed by atoms with Gasteiger partial charge in [0.15, 0.2) is 5.54 Å². The maximum Gasteiger partial charge on any atom is 0.331 e. The van der Waals surface area contributed by atoms with E-state index in [1.54, 1.807) is 6.07 Å². The summed E-state index contributed by atoms with van der Waals surface area (Å²) in [4.78, 5) is 23.3. The molecule has 1 amide bonds. The topological polar surface area (TPSA) is 104 Å². The van der Waals surface area contributed by atoms with Crippen molar-refractivity contribution in [2.45, 2.75) is 31.7 Å². The monoisotopic (exact) mass is 267 g/mol. The predicted molar refractivity (Wildman–Crippen MR) is 65.9 cm³/mol. The average Bonchev–Trinajstić information content (AvgIpc) is 2.97. The first-order chi connectivity index (χ1) is 8.94. The lowest BCUT2D eigenvalue weighted by Gasteiger charge is -2.22. The molecule has 0 bridgehead atoms. The third-order valence-corrected chi connectivity index (χ3v) is 3.24. The summed E-state index contributed by atoms with van der Waals surface area (Å²) >= 11 is 0. The molecule has 7 nitrogen and oxygen atoms in total. The number of carbonyl (C=O) groups excluding carboxylic acids is 1. The van der Waals surface area contributed by atoms with Crippen molar-refractivity contribution in [2.75, 3.05) is 13.2 Å². The molecule has 3 N–H and O–H groups in total. The number of nitrogens with one attached hydrogen (secondary N) is 2. The number of aromatic amines is 1. The smallest absolute Gasteiger partial charge is 0.331 e. The number of H-pyrrole nitrogens is 1. The number of rotatable bonds is 4. The first kappa shape index (κ1) is 13.5. The van der Waals surface area contributed by atoms with E-state index < -0.39 is 17.4 Å². The van der Waals surface area contributed by atoms with Crippen molar-refractivity contribution in [1.82, 2.24) is 15.5 Å². The molecule has 1 aromatic heterocycles. The summed E-state index contributed by atoms with van der Waals surface area (Å²) in [6.07, 6.45) is 0.259. The number of carbonyl (C=O) groups is 2. The zero-order valence-electron chi connectivity index (χ0n) is 10.9. The van der Waals surface area contributed by atoms with Crippen LogP contribution in [-0.2, 0) is 9.53 Å². The van der Waals surface area contributed by atoms with E-state index in [2.05, 4.69) is 15.5 Å². The molecule has 1 aromatic rings. The molecule has 1 unspecified atom stereocenters. The minimum atomic E-state index is -1.34. The molecule has 104 valence electrons. The van der Waals surface area contributed by atoms with E-state index in [0.29, 0.717) is 6.61 Å². The van der Waals surface area contributed by atoms with Crippen LogP contribution in [0.4, 0.5) is 0 Å². The third kappa shape index (κ3) is 2.60. The van der Waals surface area contributed by atoms with Gasteiger partial charge in [-0.05, 0) is 12.0 Å². The highest BCUT2D eigenvalue weighted by Crippen LogP contribution is 2.20. The van der Waals surface area contributed by atoms with E-state index in [-0.39, 0.29) is 24.6 Å². The average molecular weight is 267 g/mol. The summed E-state index contributed by atoms with van der Waals surface area (Å²) in [5.41, 5.74) is -0.318. The highest BCUT2D eigenvalue weighted by atomic mass is 16.5. The summed E-state index contributed by atoms with van der Waals surface area (Å²) in [6, 6.07) is 1.63. The lowest BCUT2D eigenvalue weighted by atomic mass is 9.99.